The Hall–Kier alpha value is -1.92. The Morgan fingerprint density at radius 1 is 1.25 bits per heavy atom. The van der Waals surface area contributed by atoms with Gasteiger partial charge in [-0.2, -0.15) is 0 Å². The third-order valence-electron chi connectivity index (χ3n) is 1.92. The second-order valence-electron chi connectivity index (χ2n) is 5.02. The van der Waals surface area contributed by atoms with Crippen molar-refractivity contribution in [3.8, 4) is 5.75 Å². The molecule has 0 bridgehead atoms. The van der Waals surface area contributed by atoms with Crippen molar-refractivity contribution < 1.29 is 27.4 Å². The molecule has 0 spiro atoms. The quantitative estimate of drug-likeness (QED) is 0.864. The van der Waals surface area contributed by atoms with Crippen molar-refractivity contribution in [2.45, 2.75) is 32.7 Å². The molecule has 0 amide bonds. The zero-order chi connectivity index (χ0) is 15.4. The van der Waals surface area contributed by atoms with Crippen molar-refractivity contribution in [1.82, 2.24) is 0 Å². The SMILES string of the molecule is CC(C)(C)OC(=O)CNc1cccc(OC(F)(F)F)c1. The van der Waals surface area contributed by atoms with Gasteiger partial charge in [0.25, 0.3) is 0 Å². The van der Waals surface area contributed by atoms with Gasteiger partial charge in [0.05, 0.1) is 0 Å². The molecule has 0 saturated carbocycles. The number of rotatable bonds is 4. The number of carbonyl (C=O) groups is 1. The minimum absolute atomic E-state index is 0.146. The minimum atomic E-state index is -4.75. The highest BCUT2D eigenvalue weighted by atomic mass is 19.4. The van der Waals surface area contributed by atoms with Gasteiger partial charge in [0.15, 0.2) is 0 Å². The summed E-state index contributed by atoms with van der Waals surface area (Å²) < 4.78 is 45.0. The van der Waals surface area contributed by atoms with Gasteiger partial charge >= 0.3 is 12.3 Å². The van der Waals surface area contributed by atoms with E-state index in [1.807, 2.05) is 0 Å². The van der Waals surface area contributed by atoms with E-state index < -0.39 is 17.9 Å². The van der Waals surface area contributed by atoms with Crippen LogP contribution in [0.5, 0.6) is 5.75 Å². The van der Waals surface area contributed by atoms with Gasteiger partial charge in [-0.15, -0.1) is 13.2 Å². The molecule has 0 aliphatic carbocycles. The summed E-state index contributed by atoms with van der Waals surface area (Å²) in [4.78, 5) is 11.4. The average molecular weight is 291 g/mol. The van der Waals surface area contributed by atoms with E-state index in [1.54, 1.807) is 20.8 Å². The van der Waals surface area contributed by atoms with Crippen LogP contribution < -0.4 is 10.1 Å². The number of hydrogen-bond donors (Lipinski definition) is 1. The fraction of sp³-hybridized carbons (Fsp3) is 0.462. The molecule has 0 aliphatic heterocycles. The first-order chi connectivity index (χ1) is 9.05. The van der Waals surface area contributed by atoms with Gasteiger partial charge in [-0.25, -0.2) is 0 Å². The Balaban J connectivity index is 2.57. The lowest BCUT2D eigenvalue weighted by atomic mass is 10.2. The molecule has 20 heavy (non-hydrogen) atoms. The van der Waals surface area contributed by atoms with Crippen molar-refractivity contribution in [3.63, 3.8) is 0 Å². The van der Waals surface area contributed by atoms with E-state index in [1.165, 1.54) is 18.2 Å². The van der Waals surface area contributed by atoms with Crippen LogP contribution >= 0.6 is 0 Å². The summed E-state index contributed by atoms with van der Waals surface area (Å²) in [6.07, 6.45) is -4.75. The lowest BCUT2D eigenvalue weighted by molar-refractivity contribution is -0.274. The molecule has 4 nitrogen and oxygen atoms in total. The van der Waals surface area contributed by atoms with Gasteiger partial charge in [0.1, 0.15) is 17.9 Å². The van der Waals surface area contributed by atoms with Crippen molar-refractivity contribution in [1.29, 1.82) is 0 Å². The predicted molar refractivity (Wildman–Crippen MR) is 67.5 cm³/mol. The van der Waals surface area contributed by atoms with Crippen LogP contribution in [0.2, 0.25) is 0 Å². The third-order valence-corrected chi connectivity index (χ3v) is 1.92. The number of nitrogens with one attached hydrogen (secondary N) is 1. The van der Waals surface area contributed by atoms with Crippen LogP contribution in [0.4, 0.5) is 18.9 Å². The molecule has 1 aromatic rings. The third kappa shape index (κ3) is 6.86. The largest absolute Gasteiger partial charge is 0.573 e. The maximum Gasteiger partial charge on any atom is 0.573 e. The minimum Gasteiger partial charge on any atom is -0.459 e. The number of anilines is 1. The van der Waals surface area contributed by atoms with E-state index in [0.717, 1.165) is 6.07 Å². The fourth-order valence-electron chi connectivity index (χ4n) is 1.35. The second kappa shape index (κ2) is 6.02. The van der Waals surface area contributed by atoms with Crippen LogP contribution in [0.3, 0.4) is 0 Å². The van der Waals surface area contributed by atoms with E-state index in [9.17, 15) is 18.0 Å². The van der Waals surface area contributed by atoms with E-state index in [0.29, 0.717) is 5.69 Å². The number of alkyl halides is 3. The van der Waals surface area contributed by atoms with Crippen molar-refractivity contribution in [2.24, 2.45) is 0 Å². The number of ether oxygens (including phenoxy) is 2. The summed E-state index contributed by atoms with van der Waals surface area (Å²) in [5, 5.41) is 2.67. The highest BCUT2D eigenvalue weighted by Gasteiger charge is 2.31. The van der Waals surface area contributed by atoms with Gasteiger partial charge in [-0.05, 0) is 32.9 Å². The van der Waals surface area contributed by atoms with Gasteiger partial charge in [0, 0.05) is 11.8 Å². The molecule has 1 rings (SSSR count). The summed E-state index contributed by atoms with van der Waals surface area (Å²) in [7, 11) is 0. The second-order valence-corrected chi connectivity index (χ2v) is 5.02. The lowest BCUT2D eigenvalue weighted by Gasteiger charge is -2.19. The van der Waals surface area contributed by atoms with E-state index >= 15 is 0 Å². The van der Waals surface area contributed by atoms with Crippen LogP contribution in [-0.4, -0.2) is 24.5 Å². The van der Waals surface area contributed by atoms with Gasteiger partial charge in [0.2, 0.25) is 0 Å². The molecule has 0 unspecified atom stereocenters. The van der Waals surface area contributed by atoms with Gasteiger partial charge < -0.3 is 14.8 Å². The first kappa shape index (κ1) is 16.1. The molecular weight excluding hydrogens is 275 g/mol. The summed E-state index contributed by atoms with van der Waals surface area (Å²) in [5.41, 5.74) is -0.280. The number of halogens is 3. The number of hydrogen-bond acceptors (Lipinski definition) is 4. The maximum absolute atomic E-state index is 12.1. The van der Waals surface area contributed by atoms with Crippen LogP contribution in [0.1, 0.15) is 20.8 Å². The smallest absolute Gasteiger partial charge is 0.459 e. The maximum atomic E-state index is 12.1. The van der Waals surface area contributed by atoms with E-state index in [2.05, 4.69) is 10.1 Å². The Kier molecular flexibility index (Phi) is 4.86. The summed E-state index contributed by atoms with van der Waals surface area (Å²) >= 11 is 0. The van der Waals surface area contributed by atoms with Crippen LogP contribution in [0.25, 0.3) is 0 Å². The Labute approximate surface area is 114 Å². The molecule has 0 heterocycles. The fourth-order valence-corrected chi connectivity index (χ4v) is 1.35. The van der Waals surface area contributed by atoms with Crippen molar-refractivity contribution in [2.75, 3.05) is 11.9 Å². The molecule has 0 aliphatic rings. The number of benzene rings is 1. The van der Waals surface area contributed by atoms with Crippen molar-refractivity contribution >= 4 is 11.7 Å². The standard InChI is InChI=1S/C13H16F3NO3/c1-12(2,3)20-11(18)8-17-9-5-4-6-10(7-9)19-13(14,15)16/h4-7,17H,8H2,1-3H3. The number of esters is 1. The molecule has 0 saturated heterocycles. The highest BCUT2D eigenvalue weighted by molar-refractivity contribution is 5.75. The summed E-state index contributed by atoms with van der Waals surface area (Å²) in [6.45, 7) is 5.03. The highest BCUT2D eigenvalue weighted by Crippen LogP contribution is 2.24. The van der Waals surface area contributed by atoms with E-state index in [-0.39, 0.29) is 12.3 Å². The zero-order valence-corrected chi connectivity index (χ0v) is 11.4. The molecule has 0 aromatic heterocycles. The van der Waals surface area contributed by atoms with Gasteiger partial charge in [-0.3, -0.25) is 4.79 Å². The summed E-state index contributed by atoms with van der Waals surface area (Å²) in [5.74, 6) is -0.855. The van der Waals surface area contributed by atoms with Crippen LogP contribution in [0, 0.1) is 0 Å². The topological polar surface area (TPSA) is 47.6 Å². The molecule has 0 atom stereocenters. The Bertz CT molecular complexity index is 467. The van der Waals surface area contributed by atoms with Crippen LogP contribution in [-0.2, 0) is 9.53 Å². The normalized spacial score (nSPS) is 11.9. The first-order valence-electron chi connectivity index (χ1n) is 5.87. The zero-order valence-electron chi connectivity index (χ0n) is 11.4. The monoisotopic (exact) mass is 291 g/mol. The molecule has 1 aromatic carbocycles. The van der Waals surface area contributed by atoms with Crippen LogP contribution in [0.15, 0.2) is 24.3 Å². The predicted octanol–water partition coefficient (Wildman–Crippen LogP) is 3.34. The molecule has 1 N–H and O–H groups in total. The molecule has 0 fully saturated rings. The molecule has 7 heteroatoms. The number of carbonyl (C=O) groups excluding carboxylic acids is 1. The van der Waals surface area contributed by atoms with Crippen molar-refractivity contribution in [3.05, 3.63) is 24.3 Å². The van der Waals surface area contributed by atoms with E-state index in [4.69, 9.17) is 4.74 Å². The average Bonchev–Trinajstić information content (AvgIpc) is 2.22. The Morgan fingerprint density at radius 2 is 1.90 bits per heavy atom. The Morgan fingerprint density at radius 3 is 2.45 bits per heavy atom. The lowest BCUT2D eigenvalue weighted by Crippen LogP contribution is -2.28. The summed E-state index contributed by atoms with van der Waals surface area (Å²) in [6, 6.07) is 5.23. The molecular formula is C13H16F3NO3. The molecule has 0 radical (unpaired) electrons. The molecule has 112 valence electrons. The first-order valence-corrected chi connectivity index (χ1v) is 5.87. The van der Waals surface area contributed by atoms with Gasteiger partial charge in [-0.1, -0.05) is 6.07 Å².